The van der Waals surface area contributed by atoms with Crippen molar-refractivity contribution in [3.8, 4) is 5.75 Å². The van der Waals surface area contributed by atoms with Crippen molar-refractivity contribution in [1.82, 2.24) is 5.32 Å². The Morgan fingerprint density at radius 1 is 1.18 bits per heavy atom. The van der Waals surface area contributed by atoms with Crippen LogP contribution in [-0.2, 0) is 9.53 Å². The van der Waals surface area contributed by atoms with Crippen LogP contribution in [0.2, 0.25) is 5.02 Å². The molecule has 0 saturated heterocycles. The Labute approximate surface area is 201 Å². The molecule has 0 spiro atoms. The molecule has 0 aliphatic heterocycles. The van der Waals surface area contributed by atoms with E-state index in [0.717, 1.165) is 83.1 Å². The van der Waals surface area contributed by atoms with Gasteiger partial charge in [-0.3, -0.25) is 4.99 Å². The lowest BCUT2D eigenvalue weighted by Gasteiger charge is -2.28. The van der Waals surface area contributed by atoms with Crippen LogP contribution in [0.5, 0.6) is 5.75 Å². The Morgan fingerprint density at radius 2 is 1.97 bits per heavy atom. The van der Waals surface area contributed by atoms with E-state index >= 15 is 0 Å². The second-order valence-corrected chi connectivity index (χ2v) is 8.54. The van der Waals surface area contributed by atoms with Gasteiger partial charge in [-0.25, -0.2) is 4.39 Å². The monoisotopic (exact) mass is 482 g/mol. The van der Waals surface area contributed by atoms with Crippen LogP contribution in [-0.4, -0.2) is 57.2 Å². The maximum Gasteiger partial charge on any atom is 0.183 e. The summed E-state index contributed by atoms with van der Waals surface area (Å²) in [5.41, 5.74) is 0.814. The fourth-order valence-corrected chi connectivity index (χ4v) is 3.95. The van der Waals surface area contributed by atoms with Crippen LogP contribution in [0.4, 0.5) is 4.39 Å². The number of unbranched alkanes of at least 4 members (excludes halogenated alkanes) is 2. The van der Waals surface area contributed by atoms with E-state index in [1.165, 1.54) is 6.07 Å². The summed E-state index contributed by atoms with van der Waals surface area (Å²) in [6.45, 7) is 3.39. The number of nitrogens with zero attached hydrogens (tertiary/aromatic N) is 2. The van der Waals surface area contributed by atoms with Gasteiger partial charge >= 0.3 is 0 Å². The molecular formula is C24H36ClFN4O3. The lowest BCUT2D eigenvalue weighted by atomic mass is 9.84. The van der Waals surface area contributed by atoms with Gasteiger partial charge in [-0.1, -0.05) is 17.7 Å². The third-order valence-corrected chi connectivity index (χ3v) is 5.91. The number of hydrogen-bond donors (Lipinski definition) is 2. The van der Waals surface area contributed by atoms with Crippen molar-refractivity contribution in [3.05, 3.63) is 29.0 Å². The van der Waals surface area contributed by atoms with Crippen LogP contribution in [0.15, 0.2) is 28.3 Å². The Balaban J connectivity index is 1.56. The number of halogens is 2. The van der Waals surface area contributed by atoms with Crippen molar-refractivity contribution in [2.24, 2.45) is 21.9 Å². The molecule has 1 aromatic rings. The topological polar surface area (TPSA) is 98.3 Å². The van der Waals surface area contributed by atoms with Gasteiger partial charge in [-0.05, 0) is 70.0 Å². The quantitative estimate of drug-likeness (QED) is 0.121. The van der Waals surface area contributed by atoms with Crippen LogP contribution < -0.4 is 15.9 Å². The van der Waals surface area contributed by atoms with Gasteiger partial charge < -0.3 is 25.4 Å². The number of rotatable bonds is 16. The summed E-state index contributed by atoms with van der Waals surface area (Å²) in [6, 6.07) is 4.80. The number of carbonyl (C=O) groups is 1. The number of hydrazone groups is 1. The number of nitrogens with one attached hydrogen (secondary N) is 1. The van der Waals surface area contributed by atoms with Crippen molar-refractivity contribution in [2.75, 3.05) is 32.8 Å². The minimum atomic E-state index is -0.507. The van der Waals surface area contributed by atoms with Gasteiger partial charge in [0.15, 0.2) is 11.6 Å². The fourth-order valence-electron chi connectivity index (χ4n) is 3.78. The van der Waals surface area contributed by atoms with Gasteiger partial charge in [0.25, 0.3) is 0 Å². The molecule has 184 valence electrons. The smallest absolute Gasteiger partial charge is 0.183 e. The van der Waals surface area contributed by atoms with E-state index in [9.17, 15) is 9.18 Å². The summed E-state index contributed by atoms with van der Waals surface area (Å²) >= 11 is 5.83. The van der Waals surface area contributed by atoms with Gasteiger partial charge in [0.2, 0.25) is 0 Å². The second-order valence-electron chi connectivity index (χ2n) is 8.13. The highest BCUT2D eigenvalue weighted by Gasteiger charge is 2.26. The molecule has 0 unspecified atom stereocenters. The molecule has 0 aromatic heterocycles. The van der Waals surface area contributed by atoms with E-state index in [0.29, 0.717) is 13.2 Å². The number of carbonyl (C=O) groups excluding carboxylic acids is 1. The lowest BCUT2D eigenvalue weighted by molar-refractivity contribution is -0.107. The second kappa shape index (κ2) is 16.6. The average Bonchev–Trinajstić information content (AvgIpc) is 2.83. The van der Waals surface area contributed by atoms with Crippen LogP contribution in [0.3, 0.4) is 0 Å². The molecular weight excluding hydrogens is 447 g/mol. The Kier molecular flexibility index (Phi) is 13.7. The zero-order chi connectivity index (χ0) is 23.7. The lowest BCUT2D eigenvalue weighted by Crippen LogP contribution is -2.29. The molecule has 0 radical (unpaired) electrons. The average molecular weight is 483 g/mol. The summed E-state index contributed by atoms with van der Waals surface area (Å²) in [4.78, 5) is 14.7. The predicted octanol–water partition coefficient (Wildman–Crippen LogP) is 4.17. The summed E-state index contributed by atoms with van der Waals surface area (Å²) in [5.74, 6) is 5.55. The third kappa shape index (κ3) is 10.6. The van der Waals surface area contributed by atoms with E-state index in [2.05, 4.69) is 15.4 Å². The summed E-state index contributed by atoms with van der Waals surface area (Å²) in [5, 5.41) is 7.02. The Hall–Kier alpha value is -2.03. The van der Waals surface area contributed by atoms with E-state index in [1.54, 1.807) is 18.3 Å². The zero-order valence-electron chi connectivity index (χ0n) is 19.2. The van der Waals surface area contributed by atoms with E-state index < -0.39 is 5.82 Å². The highest BCUT2D eigenvalue weighted by atomic mass is 35.5. The molecule has 1 fully saturated rings. The number of aliphatic imine (C=N–C) groups is 1. The molecule has 0 heterocycles. The van der Waals surface area contributed by atoms with Crippen molar-refractivity contribution in [3.63, 3.8) is 0 Å². The van der Waals surface area contributed by atoms with Crippen molar-refractivity contribution < 1.29 is 18.7 Å². The molecule has 7 nitrogen and oxygen atoms in total. The minimum Gasteiger partial charge on any atom is -0.487 e. The standard InChI is InChI=1S/C24H36ClFN4O3/c25-21-6-4-7-23(24(21)26)33-20-10-8-19(9-11-20)22(30-27)18-29-12-2-1-3-16-32-17-5-13-28-14-15-31/h4,6-7,15,18-20,28H,1-3,5,8-14,16-17,27H2. The predicted molar refractivity (Wildman–Crippen MR) is 131 cm³/mol. The van der Waals surface area contributed by atoms with Gasteiger partial charge in [0.05, 0.1) is 23.4 Å². The minimum absolute atomic E-state index is 0.0417. The molecule has 0 amide bonds. The van der Waals surface area contributed by atoms with Crippen LogP contribution in [0, 0.1) is 11.7 Å². The first-order chi connectivity index (χ1) is 16.2. The van der Waals surface area contributed by atoms with Gasteiger partial charge in [0, 0.05) is 31.9 Å². The third-order valence-electron chi connectivity index (χ3n) is 5.62. The Bertz CT molecular complexity index is 755. The van der Waals surface area contributed by atoms with Gasteiger partial charge in [0.1, 0.15) is 6.29 Å². The molecule has 9 heteroatoms. The first kappa shape index (κ1) is 27.2. The molecule has 3 N–H and O–H groups in total. The largest absolute Gasteiger partial charge is 0.487 e. The van der Waals surface area contributed by atoms with Crippen LogP contribution in [0.25, 0.3) is 0 Å². The van der Waals surface area contributed by atoms with Crippen LogP contribution in [0.1, 0.15) is 51.4 Å². The van der Waals surface area contributed by atoms with Crippen LogP contribution >= 0.6 is 11.6 Å². The molecule has 0 atom stereocenters. The number of ether oxygens (including phenoxy) is 2. The molecule has 0 bridgehead atoms. The van der Waals surface area contributed by atoms with Crippen molar-refractivity contribution in [1.29, 1.82) is 0 Å². The van der Waals surface area contributed by atoms with E-state index in [4.69, 9.17) is 26.9 Å². The molecule has 1 saturated carbocycles. The highest BCUT2D eigenvalue weighted by molar-refractivity contribution is 6.31. The maximum atomic E-state index is 14.0. The fraction of sp³-hybridized carbons (Fsp3) is 0.625. The first-order valence-corrected chi connectivity index (χ1v) is 12.1. The maximum absolute atomic E-state index is 14.0. The SMILES string of the molecule is NN=C(C=NCCCCCOCCCNCC=O)C1CCC(Oc2cccc(Cl)c2F)CC1. The van der Waals surface area contributed by atoms with Gasteiger partial charge in [-0.2, -0.15) is 5.10 Å². The van der Waals surface area contributed by atoms with Crippen molar-refractivity contribution >= 4 is 29.8 Å². The summed E-state index contributed by atoms with van der Waals surface area (Å²) in [7, 11) is 0. The summed E-state index contributed by atoms with van der Waals surface area (Å²) < 4.78 is 25.4. The Morgan fingerprint density at radius 3 is 2.73 bits per heavy atom. The number of aldehydes is 1. The van der Waals surface area contributed by atoms with Gasteiger partial charge in [-0.15, -0.1) is 0 Å². The molecule has 1 aromatic carbocycles. The zero-order valence-corrected chi connectivity index (χ0v) is 19.9. The normalized spacial score (nSPS) is 19.2. The van der Waals surface area contributed by atoms with E-state index in [-0.39, 0.29) is 22.8 Å². The number of nitrogens with two attached hydrogens (primary N) is 1. The molecule has 2 rings (SSSR count). The van der Waals surface area contributed by atoms with E-state index in [1.807, 2.05) is 0 Å². The van der Waals surface area contributed by atoms with Crippen molar-refractivity contribution in [2.45, 2.75) is 57.5 Å². The molecule has 1 aliphatic carbocycles. The number of hydrogen-bond acceptors (Lipinski definition) is 7. The first-order valence-electron chi connectivity index (χ1n) is 11.8. The molecule has 1 aliphatic rings. The number of benzene rings is 1. The molecule has 33 heavy (non-hydrogen) atoms. The highest BCUT2D eigenvalue weighted by Crippen LogP contribution is 2.31. The summed E-state index contributed by atoms with van der Waals surface area (Å²) in [6.07, 6.45) is 9.92.